The Morgan fingerprint density at radius 2 is 1.83 bits per heavy atom. The van der Waals surface area contributed by atoms with E-state index in [1.807, 2.05) is 11.0 Å². The monoisotopic (exact) mass is 522 g/mol. The van der Waals surface area contributed by atoms with E-state index in [2.05, 4.69) is 5.32 Å². The molecule has 1 aliphatic heterocycles. The van der Waals surface area contributed by atoms with Gasteiger partial charge in [0.15, 0.2) is 0 Å². The molecule has 1 fully saturated rings. The van der Waals surface area contributed by atoms with Gasteiger partial charge in [-0.2, -0.15) is 0 Å². The van der Waals surface area contributed by atoms with Crippen LogP contribution in [0.5, 0.6) is 0 Å². The normalized spacial score (nSPS) is 14.9. The minimum atomic E-state index is -0.965. The van der Waals surface area contributed by atoms with E-state index < -0.39 is 17.8 Å². The quantitative estimate of drug-likeness (QED) is 0.488. The number of esters is 1. The van der Waals surface area contributed by atoms with Gasteiger partial charge in [-0.3, -0.25) is 9.59 Å². The number of benzene rings is 2. The number of ether oxygens (including phenoxy) is 1. The fourth-order valence-electron chi connectivity index (χ4n) is 4.23. The van der Waals surface area contributed by atoms with Gasteiger partial charge in [0.05, 0.1) is 17.2 Å². The second kappa shape index (κ2) is 12.9. The Morgan fingerprint density at radius 1 is 1.11 bits per heavy atom. The fraction of sp³-hybridized carbons (Fsp3) is 0.423. The number of nitrogens with zero attached hydrogens (tertiary/aromatic N) is 1. The highest BCUT2D eigenvalue weighted by molar-refractivity contribution is 6.42. The lowest BCUT2D eigenvalue weighted by Gasteiger charge is -2.32. The predicted molar refractivity (Wildman–Crippen MR) is 133 cm³/mol. The molecule has 35 heavy (non-hydrogen) atoms. The second-order valence-electron chi connectivity index (χ2n) is 8.72. The largest absolute Gasteiger partial charge is 0.467 e. The molecule has 9 heteroatoms. The number of hydrogen-bond acceptors (Lipinski definition) is 4. The van der Waals surface area contributed by atoms with E-state index in [9.17, 15) is 18.8 Å². The number of hydrogen-bond donors (Lipinski definition) is 1. The molecule has 1 aliphatic rings. The molecule has 0 bridgehead atoms. The Hall–Kier alpha value is -2.64. The molecule has 2 aromatic carbocycles. The summed E-state index contributed by atoms with van der Waals surface area (Å²) in [7, 11) is 1.23. The molecule has 0 aliphatic carbocycles. The zero-order chi connectivity index (χ0) is 25.4. The average molecular weight is 523 g/mol. The topological polar surface area (TPSA) is 75.7 Å². The number of likely N-dealkylation sites (tertiary alicyclic amines) is 1. The van der Waals surface area contributed by atoms with Crippen LogP contribution < -0.4 is 5.32 Å². The van der Waals surface area contributed by atoms with E-state index in [-0.39, 0.29) is 30.6 Å². The highest BCUT2D eigenvalue weighted by atomic mass is 35.5. The van der Waals surface area contributed by atoms with Gasteiger partial charge in [-0.15, -0.1) is 0 Å². The summed E-state index contributed by atoms with van der Waals surface area (Å²) in [5.74, 6) is -1.19. The first-order valence-electron chi connectivity index (χ1n) is 11.6. The summed E-state index contributed by atoms with van der Waals surface area (Å²) >= 11 is 12.0. The van der Waals surface area contributed by atoms with E-state index in [1.54, 1.807) is 30.3 Å². The van der Waals surface area contributed by atoms with Crippen molar-refractivity contribution in [2.24, 2.45) is 5.92 Å². The number of rotatable bonds is 9. The fourth-order valence-corrected chi connectivity index (χ4v) is 4.55. The maximum absolute atomic E-state index is 14.0. The number of amides is 2. The van der Waals surface area contributed by atoms with Crippen molar-refractivity contribution >= 4 is 41.0 Å². The van der Waals surface area contributed by atoms with Crippen LogP contribution in [0.15, 0.2) is 42.5 Å². The van der Waals surface area contributed by atoms with Crippen LogP contribution in [-0.2, 0) is 32.0 Å². The standard InChI is InChI=1S/C26H29Cl2FN2O4/c1-35-26(34)23(16-19-4-2-3-5-22(19)29)30-24(32)15-18-10-12-31(13-11-18)25(33)9-7-17-6-8-20(27)21(28)14-17/h2-6,8,14,18,23H,7,9-13,15-16H2,1H3,(H,30,32)/t23-/m0/s1. The number of carbonyl (C=O) groups is 3. The van der Waals surface area contributed by atoms with E-state index in [4.69, 9.17) is 27.9 Å². The number of halogens is 3. The number of carbonyl (C=O) groups excluding carboxylic acids is 3. The lowest BCUT2D eigenvalue weighted by molar-refractivity contribution is -0.145. The summed E-state index contributed by atoms with van der Waals surface area (Å²) in [5, 5.41) is 3.65. The van der Waals surface area contributed by atoms with Crippen LogP contribution >= 0.6 is 23.2 Å². The Bertz CT molecular complexity index is 1060. The van der Waals surface area contributed by atoms with Crippen LogP contribution in [0.2, 0.25) is 10.0 Å². The number of piperidine rings is 1. The third-order valence-corrected chi connectivity index (χ3v) is 6.99. The predicted octanol–water partition coefficient (Wildman–Crippen LogP) is 4.59. The molecule has 3 rings (SSSR count). The van der Waals surface area contributed by atoms with Crippen molar-refractivity contribution in [1.82, 2.24) is 10.2 Å². The van der Waals surface area contributed by atoms with Crippen LogP contribution in [0, 0.1) is 11.7 Å². The van der Waals surface area contributed by atoms with Crippen molar-refractivity contribution < 1.29 is 23.5 Å². The van der Waals surface area contributed by atoms with Gasteiger partial charge >= 0.3 is 5.97 Å². The maximum Gasteiger partial charge on any atom is 0.328 e. The summed E-state index contributed by atoms with van der Waals surface area (Å²) in [4.78, 5) is 39.2. The van der Waals surface area contributed by atoms with E-state index in [0.717, 1.165) is 5.56 Å². The molecule has 1 heterocycles. The van der Waals surface area contributed by atoms with Crippen LogP contribution in [0.4, 0.5) is 4.39 Å². The molecule has 0 aromatic heterocycles. The molecule has 1 N–H and O–H groups in total. The van der Waals surface area contributed by atoms with Crippen molar-refractivity contribution in [2.45, 2.75) is 44.6 Å². The van der Waals surface area contributed by atoms with Gasteiger partial charge in [0.25, 0.3) is 0 Å². The lowest BCUT2D eigenvalue weighted by Crippen LogP contribution is -2.45. The summed E-state index contributed by atoms with van der Waals surface area (Å²) in [6, 6.07) is 10.5. The van der Waals surface area contributed by atoms with Gasteiger partial charge < -0.3 is 15.0 Å². The van der Waals surface area contributed by atoms with Crippen LogP contribution in [-0.4, -0.2) is 48.9 Å². The summed E-state index contributed by atoms with van der Waals surface area (Å²) in [6.45, 7) is 1.15. The van der Waals surface area contributed by atoms with Crippen molar-refractivity contribution in [2.75, 3.05) is 20.2 Å². The molecule has 0 saturated carbocycles. The Morgan fingerprint density at radius 3 is 2.49 bits per heavy atom. The molecule has 0 unspecified atom stereocenters. The van der Waals surface area contributed by atoms with Gasteiger partial charge in [-0.1, -0.05) is 47.5 Å². The van der Waals surface area contributed by atoms with E-state index in [1.165, 1.54) is 13.2 Å². The molecule has 0 radical (unpaired) electrons. The average Bonchev–Trinajstić information content (AvgIpc) is 2.85. The van der Waals surface area contributed by atoms with Crippen LogP contribution in [0.1, 0.15) is 36.8 Å². The SMILES string of the molecule is COC(=O)[C@H](Cc1ccccc1F)NC(=O)CC1CCN(C(=O)CCc2ccc(Cl)c(Cl)c2)CC1. The minimum Gasteiger partial charge on any atom is -0.467 e. The zero-order valence-electron chi connectivity index (χ0n) is 19.6. The number of methoxy groups -OCH3 is 1. The maximum atomic E-state index is 14.0. The zero-order valence-corrected chi connectivity index (χ0v) is 21.1. The Kier molecular flexibility index (Phi) is 9.93. The minimum absolute atomic E-state index is 0.0108. The molecule has 188 valence electrons. The Labute approximate surface area is 214 Å². The Balaban J connectivity index is 1.45. The second-order valence-corrected chi connectivity index (χ2v) is 9.53. The van der Waals surface area contributed by atoms with Crippen molar-refractivity contribution in [1.29, 1.82) is 0 Å². The summed E-state index contributed by atoms with van der Waals surface area (Å²) in [6.07, 6.45) is 2.59. The van der Waals surface area contributed by atoms with Crippen molar-refractivity contribution in [3.8, 4) is 0 Å². The highest BCUT2D eigenvalue weighted by Gasteiger charge is 2.27. The van der Waals surface area contributed by atoms with E-state index >= 15 is 0 Å². The third kappa shape index (κ3) is 7.94. The molecule has 1 saturated heterocycles. The third-order valence-electron chi connectivity index (χ3n) is 6.26. The van der Waals surface area contributed by atoms with Gasteiger partial charge in [-0.05, 0) is 54.5 Å². The van der Waals surface area contributed by atoms with Crippen molar-refractivity contribution in [3.63, 3.8) is 0 Å². The number of nitrogens with one attached hydrogen (secondary N) is 1. The number of aryl methyl sites for hydroxylation is 1. The lowest BCUT2D eigenvalue weighted by atomic mass is 9.92. The van der Waals surface area contributed by atoms with Gasteiger partial charge in [0.2, 0.25) is 11.8 Å². The molecule has 1 atom stereocenters. The smallest absolute Gasteiger partial charge is 0.328 e. The first kappa shape index (κ1) is 27.0. The molecular weight excluding hydrogens is 494 g/mol. The van der Waals surface area contributed by atoms with Gasteiger partial charge in [-0.25, -0.2) is 9.18 Å². The molecular formula is C26H29Cl2FN2O4. The molecule has 6 nitrogen and oxygen atoms in total. The van der Waals surface area contributed by atoms with Crippen LogP contribution in [0.3, 0.4) is 0 Å². The summed E-state index contributed by atoms with van der Waals surface area (Å²) in [5.41, 5.74) is 1.28. The summed E-state index contributed by atoms with van der Waals surface area (Å²) < 4.78 is 18.8. The first-order valence-corrected chi connectivity index (χ1v) is 12.3. The van der Waals surface area contributed by atoms with Gasteiger partial charge in [0, 0.05) is 32.4 Å². The van der Waals surface area contributed by atoms with Gasteiger partial charge in [0.1, 0.15) is 11.9 Å². The highest BCUT2D eigenvalue weighted by Crippen LogP contribution is 2.24. The van der Waals surface area contributed by atoms with Crippen LogP contribution in [0.25, 0.3) is 0 Å². The van der Waals surface area contributed by atoms with E-state index in [0.29, 0.717) is 54.4 Å². The first-order chi connectivity index (χ1) is 16.8. The van der Waals surface area contributed by atoms with Crippen molar-refractivity contribution in [3.05, 3.63) is 69.5 Å². The molecule has 2 amide bonds. The molecule has 0 spiro atoms. The molecule has 2 aromatic rings.